The first-order chi connectivity index (χ1) is 12.1. The van der Waals surface area contributed by atoms with Crippen LogP contribution in [0.3, 0.4) is 0 Å². The highest BCUT2D eigenvalue weighted by Gasteiger charge is 2.13. The molecule has 2 aromatic carbocycles. The van der Waals surface area contributed by atoms with Gasteiger partial charge in [0, 0.05) is 26.9 Å². The molecule has 0 bridgehead atoms. The van der Waals surface area contributed by atoms with Gasteiger partial charge in [0.2, 0.25) is 0 Å². The van der Waals surface area contributed by atoms with Crippen LogP contribution in [0.1, 0.15) is 11.1 Å². The molecule has 0 saturated carbocycles. The third kappa shape index (κ3) is 3.38. The number of aromatic nitrogens is 2. The number of thiazole rings is 2. The van der Waals surface area contributed by atoms with Crippen LogP contribution in [0.2, 0.25) is 5.02 Å². The van der Waals surface area contributed by atoms with E-state index in [0.29, 0.717) is 0 Å². The Morgan fingerprint density at radius 2 is 1.56 bits per heavy atom. The quantitative estimate of drug-likeness (QED) is 0.386. The van der Waals surface area contributed by atoms with Crippen LogP contribution in [0.4, 0.5) is 0 Å². The van der Waals surface area contributed by atoms with Crippen molar-refractivity contribution in [1.29, 1.82) is 0 Å². The van der Waals surface area contributed by atoms with Crippen molar-refractivity contribution in [2.75, 3.05) is 0 Å². The molecule has 0 spiro atoms. The molecule has 5 heteroatoms. The zero-order chi connectivity index (χ0) is 17.4. The van der Waals surface area contributed by atoms with E-state index in [9.17, 15) is 0 Å². The first-order valence-corrected chi connectivity index (χ1v) is 9.99. The van der Waals surface area contributed by atoms with Crippen LogP contribution in [0.25, 0.3) is 32.5 Å². The lowest BCUT2D eigenvalue weighted by molar-refractivity contribution is 1.32. The largest absolute Gasteiger partial charge is 0.233 e. The molecule has 2 aromatic heterocycles. The zero-order valence-corrected chi connectivity index (χ0v) is 16.2. The van der Waals surface area contributed by atoms with Gasteiger partial charge >= 0.3 is 0 Å². The molecule has 4 rings (SSSR count). The Morgan fingerprint density at radius 3 is 2.28 bits per heavy atom. The van der Waals surface area contributed by atoms with Crippen molar-refractivity contribution >= 4 is 34.3 Å². The van der Waals surface area contributed by atoms with Crippen molar-refractivity contribution in [3.8, 4) is 32.5 Å². The monoisotopic (exact) mass is 382 g/mol. The van der Waals surface area contributed by atoms with Crippen molar-refractivity contribution in [1.82, 2.24) is 9.97 Å². The van der Waals surface area contributed by atoms with E-state index in [1.165, 1.54) is 16.7 Å². The summed E-state index contributed by atoms with van der Waals surface area (Å²) >= 11 is 9.33. The summed E-state index contributed by atoms with van der Waals surface area (Å²) in [6, 6.07) is 14.2. The van der Waals surface area contributed by atoms with E-state index >= 15 is 0 Å². The lowest BCUT2D eigenvalue weighted by Crippen LogP contribution is -1.85. The number of hydrogen-bond acceptors (Lipinski definition) is 4. The Bertz CT molecular complexity index is 1050. The van der Waals surface area contributed by atoms with Gasteiger partial charge in [-0.05, 0) is 31.5 Å². The van der Waals surface area contributed by atoms with Gasteiger partial charge in [-0.25, -0.2) is 9.97 Å². The first-order valence-electron chi connectivity index (χ1n) is 7.85. The smallest absolute Gasteiger partial charge is 0.152 e. The van der Waals surface area contributed by atoms with E-state index in [-0.39, 0.29) is 0 Å². The SMILES string of the molecule is Cc1ccc(-c2csc(-c3nc(-c4cccc(Cl)c4)cs3)n2)c(C)c1. The van der Waals surface area contributed by atoms with Crippen molar-refractivity contribution in [2.24, 2.45) is 0 Å². The maximum atomic E-state index is 6.08. The van der Waals surface area contributed by atoms with Crippen molar-refractivity contribution in [2.45, 2.75) is 13.8 Å². The molecule has 0 unspecified atom stereocenters. The molecule has 0 N–H and O–H groups in total. The molecule has 0 aliphatic rings. The minimum Gasteiger partial charge on any atom is -0.233 e. The average molecular weight is 383 g/mol. The number of benzene rings is 2. The summed E-state index contributed by atoms with van der Waals surface area (Å²) in [6.45, 7) is 4.23. The zero-order valence-electron chi connectivity index (χ0n) is 13.8. The molecular weight excluding hydrogens is 368 g/mol. The molecule has 2 nitrogen and oxygen atoms in total. The van der Waals surface area contributed by atoms with Gasteiger partial charge in [0.05, 0.1) is 11.4 Å². The van der Waals surface area contributed by atoms with Crippen molar-refractivity contribution < 1.29 is 0 Å². The average Bonchev–Trinajstić information content (AvgIpc) is 3.24. The van der Waals surface area contributed by atoms with Crippen LogP contribution in [0, 0.1) is 13.8 Å². The Kier molecular flexibility index (Phi) is 4.42. The molecule has 0 aliphatic carbocycles. The number of rotatable bonds is 3. The minimum absolute atomic E-state index is 0.721. The van der Waals surface area contributed by atoms with Crippen molar-refractivity contribution in [3.05, 3.63) is 69.4 Å². The highest BCUT2D eigenvalue weighted by atomic mass is 35.5. The topological polar surface area (TPSA) is 25.8 Å². The molecule has 25 heavy (non-hydrogen) atoms. The fraction of sp³-hybridized carbons (Fsp3) is 0.100. The van der Waals surface area contributed by atoms with Gasteiger partial charge in [0.25, 0.3) is 0 Å². The molecular formula is C20H15ClN2S2. The summed E-state index contributed by atoms with van der Waals surface area (Å²) in [5, 5.41) is 6.77. The molecule has 0 aliphatic heterocycles. The van der Waals surface area contributed by atoms with Crippen molar-refractivity contribution in [3.63, 3.8) is 0 Å². The highest BCUT2D eigenvalue weighted by molar-refractivity contribution is 7.20. The van der Waals surface area contributed by atoms with Gasteiger partial charge in [0.1, 0.15) is 0 Å². The molecule has 2 heterocycles. The van der Waals surface area contributed by atoms with E-state index < -0.39 is 0 Å². The molecule has 0 fully saturated rings. The molecule has 0 amide bonds. The lowest BCUT2D eigenvalue weighted by Gasteiger charge is -2.03. The van der Waals surface area contributed by atoms with Crippen LogP contribution < -0.4 is 0 Å². The van der Waals surface area contributed by atoms with Gasteiger partial charge in [-0.1, -0.05) is 47.5 Å². The predicted octanol–water partition coefficient (Wildman–Crippen LogP) is 6.87. The molecule has 0 radical (unpaired) electrons. The van der Waals surface area contributed by atoms with Gasteiger partial charge in [0.15, 0.2) is 10.0 Å². The van der Waals surface area contributed by atoms with E-state index in [1.807, 2.05) is 24.3 Å². The Balaban J connectivity index is 1.67. The summed E-state index contributed by atoms with van der Waals surface area (Å²) in [5.74, 6) is 0. The van der Waals surface area contributed by atoms with Gasteiger partial charge < -0.3 is 0 Å². The maximum absolute atomic E-state index is 6.08. The number of nitrogens with zero attached hydrogens (tertiary/aromatic N) is 2. The highest BCUT2D eigenvalue weighted by Crippen LogP contribution is 2.34. The van der Waals surface area contributed by atoms with Crippen LogP contribution in [-0.2, 0) is 0 Å². The second kappa shape index (κ2) is 6.71. The number of halogens is 1. The van der Waals surface area contributed by atoms with Gasteiger partial charge in [-0.3, -0.25) is 0 Å². The van der Waals surface area contributed by atoms with Gasteiger partial charge in [-0.2, -0.15) is 0 Å². The van der Waals surface area contributed by atoms with E-state index in [2.05, 4.69) is 42.8 Å². The maximum Gasteiger partial charge on any atom is 0.152 e. The second-order valence-electron chi connectivity index (χ2n) is 5.90. The van der Waals surface area contributed by atoms with Crippen LogP contribution in [-0.4, -0.2) is 9.97 Å². The Morgan fingerprint density at radius 1 is 0.840 bits per heavy atom. The summed E-state index contributed by atoms with van der Waals surface area (Å²) in [6.07, 6.45) is 0. The first kappa shape index (κ1) is 16.5. The van der Waals surface area contributed by atoms with E-state index in [0.717, 1.165) is 32.0 Å². The van der Waals surface area contributed by atoms with Crippen LogP contribution in [0.5, 0.6) is 0 Å². The standard InChI is InChI=1S/C20H15ClN2S2/c1-12-6-7-16(13(2)8-12)18-11-25-20(23-18)19-22-17(10-24-19)14-4-3-5-15(21)9-14/h3-11H,1-2H3. The third-order valence-corrected chi connectivity index (χ3v) is 6.03. The molecule has 124 valence electrons. The Hall–Kier alpha value is -2.01. The Labute approximate surface area is 159 Å². The minimum atomic E-state index is 0.721. The summed E-state index contributed by atoms with van der Waals surface area (Å²) in [7, 11) is 0. The van der Waals surface area contributed by atoms with Crippen LogP contribution >= 0.6 is 34.3 Å². The van der Waals surface area contributed by atoms with E-state index in [1.54, 1.807) is 22.7 Å². The summed E-state index contributed by atoms with van der Waals surface area (Å²) < 4.78 is 0. The fourth-order valence-corrected chi connectivity index (χ4v) is 4.64. The lowest BCUT2D eigenvalue weighted by atomic mass is 10.0. The molecule has 0 saturated heterocycles. The predicted molar refractivity (Wildman–Crippen MR) is 109 cm³/mol. The summed E-state index contributed by atoms with van der Waals surface area (Å²) in [4.78, 5) is 9.55. The summed E-state index contributed by atoms with van der Waals surface area (Å²) in [5.41, 5.74) is 6.67. The fourth-order valence-electron chi connectivity index (χ4n) is 2.75. The van der Waals surface area contributed by atoms with E-state index in [4.69, 9.17) is 21.6 Å². The second-order valence-corrected chi connectivity index (χ2v) is 8.06. The van der Waals surface area contributed by atoms with Gasteiger partial charge in [-0.15, -0.1) is 22.7 Å². The normalized spacial score (nSPS) is 11.0. The van der Waals surface area contributed by atoms with Crippen LogP contribution in [0.15, 0.2) is 53.2 Å². The molecule has 0 atom stereocenters. The number of hydrogen-bond donors (Lipinski definition) is 0. The third-order valence-electron chi connectivity index (χ3n) is 3.97. The molecule has 4 aromatic rings. The number of aryl methyl sites for hydroxylation is 2.